The summed E-state index contributed by atoms with van der Waals surface area (Å²) in [5, 5.41) is 19.1. The van der Waals surface area contributed by atoms with E-state index >= 15 is 0 Å². The van der Waals surface area contributed by atoms with E-state index in [-0.39, 0.29) is 26.4 Å². The number of benzene rings is 2. The predicted molar refractivity (Wildman–Crippen MR) is 127 cm³/mol. The summed E-state index contributed by atoms with van der Waals surface area (Å²) in [5.74, 6) is 0.437. The monoisotopic (exact) mass is 472 g/mol. The number of hydrogen-bond acceptors (Lipinski definition) is 8. The summed E-state index contributed by atoms with van der Waals surface area (Å²) in [6, 6.07) is 18.4. The van der Waals surface area contributed by atoms with Crippen LogP contribution in [0.15, 0.2) is 86.0 Å². The van der Waals surface area contributed by atoms with Gasteiger partial charge in [0.2, 0.25) is 0 Å². The average molecular weight is 473 g/mol. The fourth-order valence-corrected chi connectivity index (χ4v) is 2.29. The Hall–Kier alpha value is -3.62. The zero-order chi connectivity index (χ0) is 25.0. The lowest BCUT2D eigenvalue weighted by molar-refractivity contribution is -0.139. The molecule has 0 aliphatic rings. The molecule has 2 aromatic carbocycles. The first-order valence-corrected chi connectivity index (χ1v) is 10.7. The second-order valence-corrected chi connectivity index (χ2v) is 6.88. The third-order valence-electron chi connectivity index (χ3n) is 4.10. The Kier molecular flexibility index (Phi) is 14.9. The van der Waals surface area contributed by atoms with Crippen LogP contribution in [0.2, 0.25) is 0 Å². The molecule has 0 heterocycles. The third-order valence-corrected chi connectivity index (χ3v) is 4.10. The number of rotatable bonds is 14. The van der Waals surface area contributed by atoms with Gasteiger partial charge in [0, 0.05) is 25.0 Å². The molecule has 0 fully saturated rings. The number of carbonyl (C=O) groups excluding carboxylic acids is 2. The van der Waals surface area contributed by atoms with Crippen molar-refractivity contribution in [3.05, 3.63) is 86.0 Å². The molecule has 0 saturated carbocycles. The Labute approximate surface area is 200 Å². The summed E-state index contributed by atoms with van der Waals surface area (Å²) < 4.78 is 20.2. The molecule has 0 saturated heterocycles. The molecule has 2 unspecified atom stereocenters. The molecule has 0 aromatic heterocycles. The van der Waals surface area contributed by atoms with Crippen molar-refractivity contribution in [3.63, 3.8) is 0 Å². The molecule has 184 valence electrons. The smallest absolute Gasteiger partial charge is 0.330 e. The maximum absolute atomic E-state index is 10.7. The molecule has 8 nitrogen and oxygen atoms in total. The Morgan fingerprint density at radius 2 is 1.06 bits per heavy atom. The summed E-state index contributed by atoms with van der Waals surface area (Å²) in [6.45, 7) is 7.21. The molecule has 0 aliphatic carbocycles. The molecule has 8 heteroatoms. The van der Waals surface area contributed by atoms with Crippen molar-refractivity contribution >= 4 is 11.9 Å². The minimum Gasteiger partial charge on any atom is -0.491 e. The van der Waals surface area contributed by atoms with E-state index in [0.29, 0.717) is 24.3 Å². The number of hydrogen-bond donors (Lipinski definition) is 2. The third kappa shape index (κ3) is 14.4. The van der Waals surface area contributed by atoms with E-state index in [1.165, 1.54) is 0 Å². The van der Waals surface area contributed by atoms with Crippen molar-refractivity contribution < 1.29 is 38.7 Å². The quantitative estimate of drug-likeness (QED) is 0.319. The van der Waals surface area contributed by atoms with Gasteiger partial charge in [-0.05, 0) is 24.3 Å². The molecule has 2 atom stereocenters. The minimum absolute atomic E-state index is 0.157. The number of aliphatic hydroxyl groups excluding tert-OH is 2. The van der Waals surface area contributed by atoms with Crippen LogP contribution in [0, 0.1) is 0 Å². The van der Waals surface area contributed by atoms with E-state index in [1.54, 1.807) is 0 Å². The highest BCUT2D eigenvalue weighted by Gasteiger charge is 2.07. The van der Waals surface area contributed by atoms with Gasteiger partial charge in [0.05, 0.1) is 25.4 Å². The van der Waals surface area contributed by atoms with Gasteiger partial charge in [0.25, 0.3) is 0 Å². The van der Waals surface area contributed by atoms with Crippen LogP contribution >= 0.6 is 0 Å². The van der Waals surface area contributed by atoms with Crippen LogP contribution in [0.25, 0.3) is 0 Å². The first-order chi connectivity index (χ1) is 16.4. The molecule has 0 amide bonds. The maximum atomic E-state index is 10.7. The fraction of sp³-hybridized carbons (Fsp3) is 0.308. The van der Waals surface area contributed by atoms with Gasteiger partial charge in [0.15, 0.2) is 0 Å². The molecule has 34 heavy (non-hydrogen) atoms. The summed E-state index contributed by atoms with van der Waals surface area (Å²) in [7, 11) is 0. The van der Waals surface area contributed by atoms with E-state index < -0.39 is 24.1 Å². The van der Waals surface area contributed by atoms with E-state index in [4.69, 9.17) is 18.9 Å². The average Bonchev–Trinajstić information content (AvgIpc) is 2.87. The summed E-state index contributed by atoms with van der Waals surface area (Å²) >= 11 is 0. The maximum Gasteiger partial charge on any atom is 0.330 e. The number of aliphatic hydroxyl groups is 2. The Balaban J connectivity index is 0.000000340. The van der Waals surface area contributed by atoms with Crippen molar-refractivity contribution in [2.75, 3.05) is 26.4 Å². The molecular weight excluding hydrogens is 440 g/mol. The molecule has 2 rings (SSSR count). The largest absolute Gasteiger partial charge is 0.491 e. The van der Waals surface area contributed by atoms with Crippen LogP contribution in [0.5, 0.6) is 11.5 Å². The standard InChI is InChI=1S/2C13H16O4/c2*1-2-13(15)16-9-8-11(14)10-17-12-6-4-3-5-7-12/h2*2-7,11,14H,1,8-10H2. The number of esters is 2. The van der Waals surface area contributed by atoms with E-state index in [0.717, 1.165) is 12.2 Å². The highest BCUT2D eigenvalue weighted by Crippen LogP contribution is 2.10. The van der Waals surface area contributed by atoms with Crippen molar-refractivity contribution in [1.29, 1.82) is 0 Å². The topological polar surface area (TPSA) is 112 Å². The van der Waals surface area contributed by atoms with Crippen molar-refractivity contribution in [1.82, 2.24) is 0 Å². The van der Waals surface area contributed by atoms with Crippen molar-refractivity contribution in [2.45, 2.75) is 25.0 Å². The molecule has 2 aromatic rings. The summed E-state index contributed by atoms with van der Waals surface area (Å²) in [6.07, 6.45) is 1.54. The molecular formula is C26H32O8. The van der Waals surface area contributed by atoms with Gasteiger partial charge in [-0.25, -0.2) is 9.59 Å². The van der Waals surface area contributed by atoms with E-state index in [2.05, 4.69) is 13.2 Å². The Bertz CT molecular complexity index is 767. The summed E-state index contributed by atoms with van der Waals surface area (Å²) in [4.78, 5) is 21.4. The van der Waals surface area contributed by atoms with Crippen LogP contribution < -0.4 is 9.47 Å². The molecule has 0 spiro atoms. The number of ether oxygens (including phenoxy) is 4. The Morgan fingerprint density at radius 1 is 0.706 bits per heavy atom. The minimum atomic E-state index is -0.659. The molecule has 2 N–H and O–H groups in total. The highest BCUT2D eigenvalue weighted by atomic mass is 16.5. The van der Waals surface area contributed by atoms with Crippen molar-refractivity contribution in [2.24, 2.45) is 0 Å². The van der Waals surface area contributed by atoms with Gasteiger partial charge < -0.3 is 29.2 Å². The van der Waals surface area contributed by atoms with Gasteiger partial charge >= 0.3 is 11.9 Å². The summed E-state index contributed by atoms with van der Waals surface area (Å²) in [5.41, 5.74) is 0. The lowest BCUT2D eigenvalue weighted by atomic mass is 10.3. The van der Waals surface area contributed by atoms with Crippen LogP contribution in [0.1, 0.15) is 12.8 Å². The fourth-order valence-electron chi connectivity index (χ4n) is 2.29. The first kappa shape index (κ1) is 28.4. The van der Waals surface area contributed by atoms with Crippen molar-refractivity contribution in [3.8, 4) is 11.5 Å². The zero-order valence-electron chi connectivity index (χ0n) is 19.1. The second-order valence-electron chi connectivity index (χ2n) is 6.88. The van der Waals surface area contributed by atoms with Crippen LogP contribution in [0.3, 0.4) is 0 Å². The first-order valence-electron chi connectivity index (χ1n) is 10.7. The van der Waals surface area contributed by atoms with Crippen LogP contribution in [0.4, 0.5) is 0 Å². The van der Waals surface area contributed by atoms with Gasteiger partial charge in [-0.3, -0.25) is 0 Å². The zero-order valence-corrected chi connectivity index (χ0v) is 19.1. The predicted octanol–water partition coefficient (Wildman–Crippen LogP) is 3.09. The van der Waals surface area contributed by atoms with E-state index in [9.17, 15) is 19.8 Å². The second kappa shape index (κ2) is 17.9. The van der Waals surface area contributed by atoms with Crippen LogP contribution in [-0.2, 0) is 19.1 Å². The molecule has 0 aliphatic heterocycles. The SMILES string of the molecule is C=CC(=O)OCCC(O)COc1ccccc1.C=CC(=O)OCCC(O)COc1ccccc1. The Morgan fingerprint density at radius 3 is 1.38 bits per heavy atom. The van der Waals surface area contributed by atoms with Gasteiger partial charge in [0.1, 0.15) is 24.7 Å². The molecule has 0 radical (unpaired) electrons. The van der Waals surface area contributed by atoms with Crippen LogP contribution in [-0.4, -0.2) is 60.8 Å². The number of carbonyl (C=O) groups is 2. The highest BCUT2D eigenvalue weighted by molar-refractivity contribution is 5.81. The van der Waals surface area contributed by atoms with E-state index in [1.807, 2.05) is 60.7 Å². The normalized spacial score (nSPS) is 11.6. The van der Waals surface area contributed by atoms with Gasteiger partial charge in [-0.15, -0.1) is 0 Å². The number of para-hydroxylation sites is 2. The lowest BCUT2D eigenvalue weighted by Gasteiger charge is -2.12. The van der Waals surface area contributed by atoms with Gasteiger partial charge in [-0.2, -0.15) is 0 Å². The van der Waals surface area contributed by atoms with Gasteiger partial charge in [-0.1, -0.05) is 49.6 Å². The molecule has 0 bridgehead atoms. The lowest BCUT2D eigenvalue weighted by Crippen LogP contribution is -2.20.